The number of amides is 1. The molecule has 108 valence electrons. The maximum atomic E-state index is 11.8. The molecule has 0 aromatic carbocycles. The molecule has 2 heterocycles. The molecule has 1 aromatic heterocycles. The van der Waals surface area contributed by atoms with Gasteiger partial charge in [-0.15, -0.1) is 10.2 Å². The molecule has 1 fully saturated rings. The van der Waals surface area contributed by atoms with Gasteiger partial charge in [0.2, 0.25) is 5.91 Å². The standard InChI is InChI=1S/C14H19N3O2S/c1-2-3-4-5-13-16-17-14(20-13)8-12(18)15-9-11-6-7-19-10-11/h11H,2-3,6-10H2,1H3,(H,15,18). The zero-order valence-electron chi connectivity index (χ0n) is 11.6. The van der Waals surface area contributed by atoms with Crippen LogP contribution in [-0.2, 0) is 16.0 Å². The van der Waals surface area contributed by atoms with Gasteiger partial charge in [0, 0.05) is 25.5 Å². The lowest BCUT2D eigenvalue weighted by molar-refractivity contribution is -0.120. The fourth-order valence-corrected chi connectivity index (χ4v) is 2.55. The normalized spacial score (nSPS) is 17.6. The van der Waals surface area contributed by atoms with Crippen molar-refractivity contribution in [3.63, 3.8) is 0 Å². The van der Waals surface area contributed by atoms with Crippen LogP contribution in [0.1, 0.15) is 36.2 Å². The van der Waals surface area contributed by atoms with Gasteiger partial charge in [-0.2, -0.15) is 0 Å². The summed E-state index contributed by atoms with van der Waals surface area (Å²) in [6, 6.07) is 0. The smallest absolute Gasteiger partial charge is 0.226 e. The molecule has 6 heteroatoms. The van der Waals surface area contributed by atoms with Crippen molar-refractivity contribution >= 4 is 17.2 Å². The number of rotatable bonds is 5. The first kappa shape index (κ1) is 14.9. The molecule has 1 aliphatic rings. The Kier molecular flexibility index (Phi) is 5.96. The van der Waals surface area contributed by atoms with Crippen LogP contribution in [0.4, 0.5) is 0 Å². The van der Waals surface area contributed by atoms with E-state index in [1.54, 1.807) is 0 Å². The summed E-state index contributed by atoms with van der Waals surface area (Å²) in [4.78, 5) is 11.8. The number of ether oxygens (including phenoxy) is 1. The third-order valence-electron chi connectivity index (χ3n) is 2.96. The van der Waals surface area contributed by atoms with E-state index in [0.29, 0.717) is 22.5 Å². The van der Waals surface area contributed by atoms with Crippen molar-refractivity contribution in [3.8, 4) is 11.8 Å². The zero-order chi connectivity index (χ0) is 14.2. The van der Waals surface area contributed by atoms with Crippen molar-refractivity contribution in [2.75, 3.05) is 19.8 Å². The molecule has 5 nitrogen and oxygen atoms in total. The molecule has 1 aliphatic heterocycles. The van der Waals surface area contributed by atoms with E-state index in [9.17, 15) is 4.79 Å². The molecule has 1 unspecified atom stereocenters. The molecule has 0 bridgehead atoms. The van der Waals surface area contributed by atoms with Crippen molar-refractivity contribution in [1.82, 2.24) is 15.5 Å². The Morgan fingerprint density at radius 2 is 2.45 bits per heavy atom. The molecule has 1 atom stereocenters. The first-order valence-corrected chi connectivity index (χ1v) is 7.75. The molecule has 0 radical (unpaired) electrons. The molecule has 1 aromatic rings. The number of carbonyl (C=O) groups excluding carboxylic acids is 1. The van der Waals surface area contributed by atoms with Crippen molar-refractivity contribution in [1.29, 1.82) is 0 Å². The van der Waals surface area contributed by atoms with Gasteiger partial charge in [-0.3, -0.25) is 4.79 Å². The van der Waals surface area contributed by atoms with Crippen LogP contribution in [-0.4, -0.2) is 35.9 Å². The van der Waals surface area contributed by atoms with Crippen molar-refractivity contribution in [3.05, 3.63) is 10.0 Å². The van der Waals surface area contributed by atoms with Gasteiger partial charge in [-0.25, -0.2) is 0 Å². The van der Waals surface area contributed by atoms with Crippen LogP contribution < -0.4 is 5.32 Å². The number of unbranched alkanes of at least 4 members (excludes halogenated alkanes) is 1. The summed E-state index contributed by atoms with van der Waals surface area (Å²) in [5.41, 5.74) is 0. The number of nitrogens with zero attached hydrogens (tertiary/aromatic N) is 2. The number of hydrogen-bond acceptors (Lipinski definition) is 5. The van der Waals surface area contributed by atoms with Crippen molar-refractivity contribution in [2.24, 2.45) is 5.92 Å². The quantitative estimate of drug-likeness (QED) is 0.833. The lowest BCUT2D eigenvalue weighted by Gasteiger charge is -2.08. The van der Waals surface area contributed by atoms with Crippen molar-refractivity contribution in [2.45, 2.75) is 32.6 Å². The predicted molar refractivity (Wildman–Crippen MR) is 77.3 cm³/mol. The van der Waals surface area contributed by atoms with Crippen LogP contribution in [0, 0.1) is 17.8 Å². The van der Waals surface area contributed by atoms with E-state index < -0.39 is 0 Å². The Balaban J connectivity index is 1.75. The highest BCUT2D eigenvalue weighted by Gasteiger charge is 2.16. The lowest BCUT2D eigenvalue weighted by atomic mass is 10.1. The SMILES string of the molecule is CCCC#Cc1nnc(CC(=O)NCC2CCOC2)s1. The fourth-order valence-electron chi connectivity index (χ4n) is 1.84. The van der Waals surface area contributed by atoms with Gasteiger partial charge in [0.1, 0.15) is 5.01 Å². The van der Waals surface area contributed by atoms with Crippen LogP contribution in [0.3, 0.4) is 0 Å². The predicted octanol–water partition coefficient (Wildman–Crippen LogP) is 1.38. The van der Waals surface area contributed by atoms with E-state index in [0.717, 1.165) is 32.5 Å². The number of carbonyl (C=O) groups is 1. The summed E-state index contributed by atoms with van der Waals surface area (Å²) in [5, 5.41) is 12.3. The molecule has 0 spiro atoms. The third kappa shape index (κ3) is 4.91. The highest BCUT2D eigenvalue weighted by molar-refractivity contribution is 7.11. The van der Waals surface area contributed by atoms with E-state index in [2.05, 4.69) is 34.3 Å². The van der Waals surface area contributed by atoms with Gasteiger partial charge in [-0.1, -0.05) is 24.2 Å². The largest absolute Gasteiger partial charge is 0.381 e. The minimum atomic E-state index is -0.0129. The van der Waals surface area contributed by atoms with Gasteiger partial charge < -0.3 is 10.1 Å². The number of hydrogen-bond donors (Lipinski definition) is 1. The molecular weight excluding hydrogens is 274 g/mol. The molecule has 1 saturated heterocycles. The first-order chi connectivity index (χ1) is 9.78. The van der Waals surface area contributed by atoms with E-state index >= 15 is 0 Å². The molecule has 1 N–H and O–H groups in total. The molecule has 1 amide bonds. The molecular formula is C14H19N3O2S. The minimum Gasteiger partial charge on any atom is -0.381 e. The van der Waals surface area contributed by atoms with Crippen LogP contribution in [0.25, 0.3) is 0 Å². The molecule has 0 aliphatic carbocycles. The second-order valence-electron chi connectivity index (χ2n) is 4.76. The lowest BCUT2D eigenvalue weighted by Crippen LogP contribution is -2.30. The topological polar surface area (TPSA) is 64.1 Å². The minimum absolute atomic E-state index is 0.0129. The average molecular weight is 293 g/mol. The average Bonchev–Trinajstić information content (AvgIpc) is 3.08. The number of nitrogens with one attached hydrogen (secondary N) is 1. The van der Waals surface area contributed by atoms with E-state index in [1.165, 1.54) is 11.3 Å². The molecule has 0 saturated carbocycles. The van der Waals surface area contributed by atoms with E-state index in [1.807, 2.05) is 0 Å². The van der Waals surface area contributed by atoms with E-state index in [4.69, 9.17) is 4.74 Å². The van der Waals surface area contributed by atoms with Gasteiger partial charge in [-0.05, 0) is 18.8 Å². The Bertz CT molecular complexity index is 498. The summed E-state index contributed by atoms with van der Waals surface area (Å²) in [6.45, 7) is 4.31. The fraction of sp³-hybridized carbons (Fsp3) is 0.643. The third-order valence-corrected chi connectivity index (χ3v) is 3.80. The van der Waals surface area contributed by atoms with Crippen molar-refractivity contribution < 1.29 is 9.53 Å². The maximum absolute atomic E-state index is 11.8. The molecule has 2 rings (SSSR count). The Morgan fingerprint density at radius 1 is 1.55 bits per heavy atom. The van der Waals surface area contributed by atoms with Crippen LogP contribution in [0.15, 0.2) is 0 Å². The van der Waals surface area contributed by atoms with Crippen LogP contribution in [0.5, 0.6) is 0 Å². The highest BCUT2D eigenvalue weighted by Crippen LogP contribution is 2.11. The van der Waals surface area contributed by atoms with Crippen LogP contribution in [0.2, 0.25) is 0 Å². The number of aromatic nitrogens is 2. The van der Waals surface area contributed by atoms with Gasteiger partial charge >= 0.3 is 0 Å². The molecule has 20 heavy (non-hydrogen) atoms. The van der Waals surface area contributed by atoms with E-state index in [-0.39, 0.29) is 12.3 Å². The first-order valence-electron chi connectivity index (χ1n) is 6.93. The Labute approximate surface area is 123 Å². The Hall–Kier alpha value is -1.45. The van der Waals surface area contributed by atoms with Gasteiger partial charge in [0.25, 0.3) is 0 Å². The highest BCUT2D eigenvalue weighted by atomic mass is 32.1. The van der Waals surface area contributed by atoms with Crippen LogP contribution >= 0.6 is 11.3 Å². The maximum Gasteiger partial charge on any atom is 0.226 e. The monoisotopic (exact) mass is 293 g/mol. The zero-order valence-corrected chi connectivity index (χ0v) is 12.5. The van der Waals surface area contributed by atoms with Gasteiger partial charge in [0.15, 0.2) is 5.01 Å². The van der Waals surface area contributed by atoms with Gasteiger partial charge in [0.05, 0.1) is 13.0 Å². The second kappa shape index (κ2) is 7.98. The summed E-state index contributed by atoms with van der Waals surface area (Å²) in [5.74, 6) is 6.42. The summed E-state index contributed by atoms with van der Waals surface area (Å²) >= 11 is 1.39. The summed E-state index contributed by atoms with van der Waals surface area (Å²) in [6.07, 6.45) is 3.20. The summed E-state index contributed by atoms with van der Waals surface area (Å²) < 4.78 is 5.27. The second-order valence-corrected chi connectivity index (χ2v) is 5.83. The summed E-state index contributed by atoms with van der Waals surface area (Å²) in [7, 11) is 0. The Morgan fingerprint density at radius 3 is 3.20 bits per heavy atom.